The molecule has 2 unspecified atom stereocenters. The number of hydrogen-bond acceptors (Lipinski definition) is 7. The van der Waals surface area contributed by atoms with Crippen molar-refractivity contribution in [1.29, 1.82) is 0 Å². The van der Waals surface area contributed by atoms with Crippen LogP contribution in [0.4, 0.5) is 13.2 Å². The Balaban J connectivity index is -0.000000391. The molecule has 1 aromatic rings. The normalized spacial score (nSPS) is 13.7. The summed E-state index contributed by atoms with van der Waals surface area (Å²) in [7, 11) is -16.8. The summed E-state index contributed by atoms with van der Waals surface area (Å²) in [6, 6.07) is 6.22. The van der Waals surface area contributed by atoms with E-state index in [4.69, 9.17) is 16.5 Å². The van der Waals surface area contributed by atoms with Gasteiger partial charge in [-0.05, 0) is 89.1 Å². The van der Waals surface area contributed by atoms with E-state index in [1.807, 2.05) is 26.2 Å². The van der Waals surface area contributed by atoms with Gasteiger partial charge in [0.1, 0.15) is 0 Å². The van der Waals surface area contributed by atoms with E-state index in [2.05, 4.69) is 44.0 Å². The molecule has 0 saturated carbocycles. The Morgan fingerprint density at radius 2 is 1.20 bits per heavy atom. The van der Waals surface area contributed by atoms with E-state index in [0.29, 0.717) is 12.5 Å². The zero-order valence-electron chi connectivity index (χ0n) is 24.1. The number of hydrogen-bond donors (Lipinski definition) is 0. The number of halogens is 3. The van der Waals surface area contributed by atoms with Crippen LogP contribution in [-0.2, 0) is 32.9 Å². The van der Waals surface area contributed by atoms with E-state index in [-0.39, 0.29) is 102 Å². The molecule has 0 radical (unpaired) electrons. The van der Waals surface area contributed by atoms with Crippen LogP contribution in [0, 0.1) is 0 Å². The van der Waals surface area contributed by atoms with Gasteiger partial charge in [-0.1, -0.05) is 68.8 Å². The van der Waals surface area contributed by atoms with Crippen molar-refractivity contribution in [2.45, 2.75) is 128 Å². The number of nitrogens with zero attached hydrogens (tertiary/aromatic N) is 1. The van der Waals surface area contributed by atoms with Crippen LogP contribution in [0.25, 0.3) is 4.72 Å². The molecule has 0 aliphatic heterocycles. The maximum atomic E-state index is 12.5. The fourth-order valence-electron chi connectivity index (χ4n) is 3.72. The summed E-state index contributed by atoms with van der Waals surface area (Å²) in [5.74, 6) is -1.47. The predicted octanol–water partition coefficient (Wildman–Crippen LogP) is 6.77. The minimum Gasteiger partial charge on any atom is -0.534 e. The maximum absolute atomic E-state index is 12.5. The summed E-state index contributed by atoms with van der Waals surface area (Å²) in [6.07, 6.45) is 0.535. The Morgan fingerprint density at radius 3 is 1.57 bits per heavy atom. The van der Waals surface area contributed by atoms with E-state index >= 15 is 0 Å². The molecule has 44 heavy (non-hydrogen) atoms. The molecule has 0 aliphatic rings. The van der Waals surface area contributed by atoms with Crippen LogP contribution < -0.4 is 51.4 Å². The molecule has 1 aromatic carbocycles. The van der Waals surface area contributed by atoms with Gasteiger partial charge in [0.2, 0.25) is 0 Å². The van der Waals surface area contributed by atoms with Gasteiger partial charge in [0.05, 0.1) is 5.91 Å². The van der Waals surface area contributed by atoms with Gasteiger partial charge >= 0.3 is 83.3 Å². The molecule has 1 rings (SSSR count). The first-order chi connectivity index (χ1) is 16.3. The fraction of sp³-hybridized carbons (Fsp3) is 0.731. The summed E-state index contributed by atoms with van der Waals surface area (Å²) in [6.45, 7) is 20.6. The van der Waals surface area contributed by atoms with Crippen molar-refractivity contribution in [1.82, 2.24) is 0 Å². The molecular weight excluding hydrogens is 707 g/mol. The quantitative estimate of drug-likeness (QED) is 0.204. The molecule has 0 N–H and O–H groups in total. The van der Waals surface area contributed by atoms with Crippen LogP contribution in [-0.4, -0.2) is 62.9 Å². The first-order valence-electron chi connectivity index (χ1n) is 11.8. The van der Waals surface area contributed by atoms with Crippen molar-refractivity contribution in [3.05, 3.63) is 40.1 Å². The van der Waals surface area contributed by atoms with Gasteiger partial charge in [-0.15, -0.1) is 0 Å². The van der Waals surface area contributed by atoms with E-state index in [0.717, 1.165) is 5.56 Å². The Hall–Kier alpha value is 0.991. The molecule has 262 valence electrons. The summed E-state index contributed by atoms with van der Waals surface area (Å²) >= 11 is 0. The first kappa shape index (κ1) is 60.3. The van der Waals surface area contributed by atoms with E-state index < -0.39 is 64.5 Å². The molecule has 0 fully saturated rings. The molecular formula is C26H63F3KNO7SSi5. The molecule has 0 spiro atoms. The van der Waals surface area contributed by atoms with Gasteiger partial charge in [0.25, 0.3) is 0 Å². The average Bonchev–Trinajstić information content (AvgIpc) is 2.61. The van der Waals surface area contributed by atoms with Gasteiger partial charge < -0.3 is 26.0 Å². The number of sulfonamides is 1. The Morgan fingerprint density at radius 1 is 0.795 bits per heavy atom. The molecule has 1 amide bonds. The topological polar surface area (TPSA) is 102 Å². The van der Waals surface area contributed by atoms with E-state index in [1.165, 1.54) is 12.1 Å². The van der Waals surface area contributed by atoms with E-state index in [9.17, 15) is 26.4 Å². The second-order valence-corrected chi connectivity index (χ2v) is 31.5. The van der Waals surface area contributed by atoms with Crippen LogP contribution in [0.3, 0.4) is 0 Å². The molecule has 0 aromatic heterocycles. The van der Waals surface area contributed by atoms with Crippen molar-refractivity contribution in [2.75, 3.05) is 0 Å². The number of carbonyl (C=O) groups excluding carboxylic acids is 1. The largest absolute Gasteiger partial charge is 1.00 e. The second kappa shape index (κ2) is 22.6. The maximum Gasteiger partial charge on any atom is 1.00 e. The zero-order chi connectivity index (χ0) is 29.1. The van der Waals surface area contributed by atoms with Crippen LogP contribution in [0.2, 0.25) is 71.5 Å². The first-order valence-corrected chi connectivity index (χ1v) is 27.5. The van der Waals surface area contributed by atoms with Gasteiger partial charge in [0, 0.05) is 0 Å². The molecule has 0 aliphatic carbocycles. The smallest absolute Gasteiger partial charge is 0.534 e. The average molecular weight is 770 g/mol. The van der Waals surface area contributed by atoms with E-state index in [1.54, 1.807) is 12.1 Å². The Kier molecular flexibility index (Phi) is 31.0. The standard InChI is InChI=1S/C20H40F3NO7SSi5.6CH4.K/c1-33(28-36(8,9)30-34(2,3)4)29-37(10,31-35(5,6)7)16-15-17-11-13-18(14-12-17)19(25)24-32(26,27)20(21,22)23;;;;;;;/h11-14,33H,15-16H2,1-10H3,(H,24,25);6*1H4;/q;;;;;;;+1/p-1. The third-order valence-corrected chi connectivity index (χ3v) is 22.2. The third kappa shape index (κ3) is 23.3. The van der Waals surface area contributed by atoms with Crippen molar-refractivity contribution >= 4 is 59.0 Å². The predicted molar refractivity (Wildman–Crippen MR) is 191 cm³/mol. The van der Waals surface area contributed by atoms with Crippen LogP contribution >= 0.6 is 0 Å². The number of amides is 1. The Labute approximate surface area is 318 Å². The van der Waals surface area contributed by atoms with Crippen LogP contribution in [0.15, 0.2) is 24.3 Å². The number of carbonyl (C=O) groups is 1. The molecule has 0 heterocycles. The van der Waals surface area contributed by atoms with Gasteiger partial charge in [0.15, 0.2) is 26.7 Å². The molecule has 18 heteroatoms. The van der Waals surface area contributed by atoms with Crippen molar-refractivity contribution in [3.63, 3.8) is 0 Å². The molecule has 8 nitrogen and oxygen atoms in total. The number of alkyl halides is 3. The van der Waals surface area contributed by atoms with Crippen molar-refractivity contribution < 1.29 is 94.2 Å². The van der Waals surface area contributed by atoms with Crippen LogP contribution in [0.1, 0.15) is 60.5 Å². The number of rotatable bonds is 13. The van der Waals surface area contributed by atoms with Gasteiger partial charge in [-0.3, -0.25) is 0 Å². The summed E-state index contributed by atoms with van der Waals surface area (Å²) in [5.41, 5.74) is -5.09. The number of benzene rings is 1. The third-order valence-electron chi connectivity index (χ3n) is 4.50. The van der Waals surface area contributed by atoms with Crippen molar-refractivity contribution in [2.24, 2.45) is 0 Å². The Bertz CT molecular complexity index is 1040. The molecule has 0 saturated heterocycles. The monoisotopic (exact) mass is 769 g/mol. The SMILES string of the molecule is C.C.C.C.C.C.C[SiH](O[Si](C)(C)O[Si](C)(C)C)O[Si](C)(CCc1ccc(C(=O)[N-]S(=O)(=O)C(F)(F)F)cc1)O[Si](C)(C)C.[K+]. The number of aryl methyl sites for hydroxylation is 1. The second-order valence-electron chi connectivity index (χ2n) is 11.3. The van der Waals surface area contributed by atoms with Crippen LogP contribution in [0.5, 0.6) is 0 Å². The summed E-state index contributed by atoms with van der Waals surface area (Å²) in [4.78, 5) is 11.9. The van der Waals surface area contributed by atoms with Gasteiger partial charge in [-0.25, -0.2) is 8.42 Å². The van der Waals surface area contributed by atoms with Crippen molar-refractivity contribution in [3.8, 4) is 0 Å². The summed E-state index contributed by atoms with van der Waals surface area (Å²) in [5, 5.41) is 0. The minimum absolute atomic E-state index is 0. The molecule has 2 atom stereocenters. The summed E-state index contributed by atoms with van der Waals surface area (Å²) < 4.78 is 87.8. The zero-order valence-corrected chi connectivity index (χ0v) is 33.2. The van der Waals surface area contributed by atoms with Gasteiger partial charge in [-0.2, -0.15) is 13.2 Å². The fourth-order valence-corrected chi connectivity index (χ4v) is 24.7. The minimum atomic E-state index is -5.90. The molecule has 0 bridgehead atoms.